The van der Waals surface area contributed by atoms with Crippen LogP contribution in [0.1, 0.15) is 44.6 Å². The van der Waals surface area contributed by atoms with Crippen LogP contribution < -0.4 is 0 Å². The van der Waals surface area contributed by atoms with Gasteiger partial charge in [-0.1, -0.05) is 24.6 Å². The zero-order valence-corrected chi connectivity index (χ0v) is 21.2. The molecule has 3 rings (SSSR count). The fraction of sp³-hybridized carbons (Fsp3) is 0.615. The first-order chi connectivity index (χ1) is 16.3. The standard InChI is InChI=1S/C26H37ClFN3O3/c1-26(20-34-2)11-5-13-29(19-26)12-3-4-14-30-16-17-31(15-10-25(30)33)24(32)9-7-21-6-8-23(28)22(27)18-21/h6-9,18H,3-5,10-17,19-20H2,1-2H3/b9-7+. The summed E-state index contributed by atoms with van der Waals surface area (Å²) in [7, 11) is 1.77. The molecular formula is C26H37ClFN3O3. The number of carbonyl (C=O) groups excluding carboxylic acids is 2. The average molecular weight is 494 g/mol. The molecule has 0 saturated carbocycles. The summed E-state index contributed by atoms with van der Waals surface area (Å²) in [6.07, 6.45) is 7.85. The van der Waals surface area contributed by atoms with Crippen molar-refractivity contribution in [2.75, 3.05) is 59.5 Å². The molecule has 0 aliphatic carbocycles. The molecule has 2 saturated heterocycles. The number of benzene rings is 1. The minimum atomic E-state index is -0.489. The molecular weight excluding hydrogens is 457 g/mol. The number of piperidine rings is 1. The Labute approximate surface area is 207 Å². The molecule has 0 spiro atoms. The van der Waals surface area contributed by atoms with Gasteiger partial charge in [0.1, 0.15) is 5.82 Å². The van der Waals surface area contributed by atoms with Crippen LogP contribution in [0.4, 0.5) is 4.39 Å². The van der Waals surface area contributed by atoms with E-state index in [4.69, 9.17) is 16.3 Å². The number of amides is 2. The number of rotatable bonds is 9. The lowest BCUT2D eigenvalue weighted by Crippen LogP contribution is -2.44. The van der Waals surface area contributed by atoms with E-state index in [2.05, 4.69) is 11.8 Å². The van der Waals surface area contributed by atoms with E-state index in [1.807, 2.05) is 4.90 Å². The number of carbonyl (C=O) groups is 2. The maximum absolute atomic E-state index is 13.3. The van der Waals surface area contributed by atoms with Gasteiger partial charge in [0, 0.05) is 57.7 Å². The van der Waals surface area contributed by atoms with Crippen LogP contribution in [0.2, 0.25) is 5.02 Å². The van der Waals surface area contributed by atoms with Gasteiger partial charge in [-0.25, -0.2) is 4.39 Å². The lowest BCUT2D eigenvalue weighted by molar-refractivity contribution is -0.130. The minimum absolute atomic E-state index is 0.0230. The van der Waals surface area contributed by atoms with E-state index in [1.54, 1.807) is 24.2 Å². The molecule has 0 bridgehead atoms. The molecule has 0 N–H and O–H groups in total. The van der Waals surface area contributed by atoms with Crippen LogP contribution in [0.15, 0.2) is 24.3 Å². The molecule has 1 aromatic carbocycles. The van der Waals surface area contributed by atoms with E-state index in [-0.39, 0.29) is 22.3 Å². The van der Waals surface area contributed by atoms with Crippen LogP contribution >= 0.6 is 11.6 Å². The molecule has 1 aromatic rings. The average Bonchev–Trinajstić information content (AvgIpc) is 2.99. The van der Waals surface area contributed by atoms with E-state index in [9.17, 15) is 14.0 Å². The first-order valence-corrected chi connectivity index (χ1v) is 12.6. The molecule has 1 atom stereocenters. The Balaban J connectivity index is 1.41. The number of hydrogen-bond acceptors (Lipinski definition) is 4. The number of nitrogens with zero attached hydrogens (tertiary/aromatic N) is 3. The van der Waals surface area contributed by atoms with Crippen molar-refractivity contribution in [3.8, 4) is 0 Å². The SMILES string of the molecule is COCC1(C)CCCN(CCCCN2CCN(C(=O)/C=C/c3ccc(F)c(Cl)c3)CCC2=O)C1. The molecule has 2 heterocycles. The van der Waals surface area contributed by atoms with Gasteiger partial charge in [0.15, 0.2) is 0 Å². The Kier molecular flexibility index (Phi) is 9.92. The zero-order chi connectivity index (χ0) is 24.6. The third-order valence-electron chi connectivity index (χ3n) is 6.77. The molecule has 34 heavy (non-hydrogen) atoms. The highest BCUT2D eigenvalue weighted by Crippen LogP contribution is 2.29. The summed E-state index contributed by atoms with van der Waals surface area (Å²) in [5, 5.41) is 0.0230. The molecule has 2 amide bonds. The lowest BCUT2D eigenvalue weighted by atomic mass is 9.82. The van der Waals surface area contributed by atoms with Gasteiger partial charge in [0.25, 0.3) is 0 Å². The van der Waals surface area contributed by atoms with Crippen molar-refractivity contribution in [2.45, 2.75) is 39.0 Å². The Bertz CT molecular complexity index is 877. The lowest BCUT2D eigenvalue weighted by Gasteiger charge is -2.40. The summed E-state index contributed by atoms with van der Waals surface area (Å²) in [4.78, 5) is 31.3. The van der Waals surface area contributed by atoms with E-state index in [0.29, 0.717) is 31.6 Å². The normalized spacial score (nSPS) is 22.4. The monoisotopic (exact) mass is 493 g/mol. The van der Waals surface area contributed by atoms with Gasteiger partial charge in [-0.15, -0.1) is 0 Å². The van der Waals surface area contributed by atoms with Gasteiger partial charge in [-0.2, -0.15) is 0 Å². The quantitative estimate of drug-likeness (QED) is 0.384. The van der Waals surface area contributed by atoms with E-state index in [1.165, 1.54) is 31.1 Å². The second kappa shape index (κ2) is 12.7. The third-order valence-corrected chi connectivity index (χ3v) is 7.06. The fourth-order valence-electron chi connectivity index (χ4n) is 4.94. The molecule has 188 valence electrons. The van der Waals surface area contributed by atoms with E-state index in [0.717, 1.165) is 45.6 Å². The van der Waals surface area contributed by atoms with Crippen molar-refractivity contribution in [1.29, 1.82) is 0 Å². The largest absolute Gasteiger partial charge is 0.384 e. The van der Waals surface area contributed by atoms with Crippen LogP contribution in [0.5, 0.6) is 0 Å². The number of unbranched alkanes of at least 4 members (excludes halogenated alkanes) is 1. The van der Waals surface area contributed by atoms with Crippen molar-refractivity contribution in [1.82, 2.24) is 14.7 Å². The second-order valence-electron chi connectivity index (χ2n) is 9.79. The van der Waals surface area contributed by atoms with Gasteiger partial charge < -0.3 is 19.4 Å². The van der Waals surface area contributed by atoms with Crippen molar-refractivity contribution in [3.63, 3.8) is 0 Å². The highest BCUT2D eigenvalue weighted by atomic mass is 35.5. The van der Waals surface area contributed by atoms with Crippen molar-refractivity contribution >= 4 is 29.5 Å². The number of methoxy groups -OCH3 is 1. The Hall–Kier alpha value is -1.96. The van der Waals surface area contributed by atoms with E-state index >= 15 is 0 Å². The predicted molar refractivity (Wildman–Crippen MR) is 133 cm³/mol. The Morgan fingerprint density at radius 3 is 2.76 bits per heavy atom. The van der Waals surface area contributed by atoms with Crippen LogP contribution in [-0.4, -0.2) is 86.0 Å². The van der Waals surface area contributed by atoms with Gasteiger partial charge in [-0.3, -0.25) is 9.59 Å². The highest BCUT2D eigenvalue weighted by Gasteiger charge is 2.30. The van der Waals surface area contributed by atoms with Crippen LogP contribution in [0, 0.1) is 11.2 Å². The van der Waals surface area contributed by atoms with Gasteiger partial charge in [0.2, 0.25) is 11.8 Å². The Morgan fingerprint density at radius 1 is 1.21 bits per heavy atom. The predicted octanol–water partition coefficient (Wildman–Crippen LogP) is 4.08. The first-order valence-electron chi connectivity index (χ1n) is 12.2. The summed E-state index contributed by atoms with van der Waals surface area (Å²) in [6, 6.07) is 4.33. The first kappa shape index (κ1) is 26.6. The number of hydrogen-bond donors (Lipinski definition) is 0. The van der Waals surface area contributed by atoms with E-state index < -0.39 is 5.82 Å². The minimum Gasteiger partial charge on any atom is -0.384 e. The smallest absolute Gasteiger partial charge is 0.246 e. The molecule has 6 nitrogen and oxygen atoms in total. The highest BCUT2D eigenvalue weighted by molar-refractivity contribution is 6.30. The molecule has 1 unspecified atom stereocenters. The topological polar surface area (TPSA) is 53.1 Å². The molecule has 2 fully saturated rings. The van der Waals surface area contributed by atoms with Crippen molar-refractivity contribution in [2.24, 2.45) is 5.41 Å². The molecule has 0 aromatic heterocycles. The number of likely N-dealkylation sites (tertiary alicyclic amines) is 1. The van der Waals surface area contributed by atoms with Crippen LogP contribution in [0.3, 0.4) is 0 Å². The summed E-state index contributed by atoms with van der Waals surface area (Å²) in [5.74, 6) is -0.536. The third kappa shape index (κ3) is 7.79. The van der Waals surface area contributed by atoms with Gasteiger partial charge in [-0.05, 0) is 62.5 Å². The van der Waals surface area contributed by atoms with Crippen molar-refractivity contribution in [3.05, 3.63) is 40.7 Å². The van der Waals surface area contributed by atoms with Gasteiger partial charge in [0.05, 0.1) is 11.6 Å². The molecule has 2 aliphatic heterocycles. The summed E-state index contributed by atoms with van der Waals surface area (Å²) in [5.41, 5.74) is 0.893. The number of halogens is 2. The maximum Gasteiger partial charge on any atom is 0.246 e. The Morgan fingerprint density at radius 2 is 2.00 bits per heavy atom. The van der Waals surface area contributed by atoms with Crippen molar-refractivity contribution < 1.29 is 18.7 Å². The molecule has 8 heteroatoms. The molecule has 2 aliphatic rings. The summed E-state index contributed by atoms with van der Waals surface area (Å²) >= 11 is 5.80. The fourth-order valence-corrected chi connectivity index (χ4v) is 5.12. The summed E-state index contributed by atoms with van der Waals surface area (Å²) in [6.45, 7) is 8.56. The number of ether oxygens (including phenoxy) is 1. The summed E-state index contributed by atoms with van der Waals surface area (Å²) < 4.78 is 18.7. The van der Waals surface area contributed by atoms with Crippen LogP contribution in [-0.2, 0) is 14.3 Å². The maximum atomic E-state index is 13.3. The second-order valence-corrected chi connectivity index (χ2v) is 10.2. The van der Waals surface area contributed by atoms with Gasteiger partial charge >= 0.3 is 0 Å². The zero-order valence-electron chi connectivity index (χ0n) is 20.4. The van der Waals surface area contributed by atoms with Crippen LogP contribution in [0.25, 0.3) is 6.08 Å². The molecule has 0 radical (unpaired) electrons.